The number of carbonyl (C=O) groups is 1. The van der Waals surface area contributed by atoms with E-state index in [1.807, 2.05) is 18.2 Å². The summed E-state index contributed by atoms with van der Waals surface area (Å²) in [5.74, 6) is -0.654. The van der Waals surface area contributed by atoms with E-state index < -0.39 is 11.6 Å². The molecule has 0 atom stereocenters. The van der Waals surface area contributed by atoms with Crippen LogP contribution in [-0.2, 0) is 17.8 Å². The molecule has 0 radical (unpaired) electrons. The second-order valence-corrected chi connectivity index (χ2v) is 7.34. The molecule has 5 nitrogen and oxygen atoms in total. The van der Waals surface area contributed by atoms with E-state index in [9.17, 15) is 13.6 Å². The Balaban J connectivity index is 1.63. The van der Waals surface area contributed by atoms with Crippen LogP contribution < -0.4 is 4.74 Å². The summed E-state index contributed by atoms with van der Waals surface area (Å²) in [4.78, 5) is 18.1. The first-order valence-electron chi connectivity index (χ1n) is 8.84. The molecule has 1 amide bonds. The van der Waals surface area contributed by atoms with Gasteiger partial charge in [0.2, 0.25) is 5.91 Å². The number of benzene rings is 2. The van der Waals surface area contributed by atoms with Gasteiger partial charge in [0.05, 0.1) is 18.9 Å². The van der Waals surface area contributed by atoms with Crippen LogP contribution in [0.5, 0.6) is 5.75 Å². The zero-order valence-corrected chi connectivity index (χ0v) is 17.5. The van der Waals surface area contributed by atoms with Gasteiger partial charge in [-0.05, 0) is 30.3 Å². The molecule has 0 fully saturated rings. The Labute approximate surface area is 175 Å². The summed E-state index contributed by atoms with van der Waals surface area (Å²) < 4.78 is 39.4. The second-order valence-electron chi connectivity index (χ2n) is 6.42. The fraction of sp³-hybridized carbons (Fsp3) is 0.238. The van der Waals surface area contributed by atoms with Crippen LogP contribution in [0.25, 0.3) is 11.3 Å². The largest absolute Gasteiger partial charge is 0.496 e. The van der Waals surface area contributed by atoms with Crippen molar-refractivity contribution in [3.8, 4) is 17.1 Å². The Morgan fingerprint density at radius 1 is 1.24 bits per heavy atom. The lowest BCUT2D eigenvalue weighted by molar-refractivity contribution is -0.130. The van der Waals surface area contributed by atoms with Crippen molar-refractivity contribution in [3.63, 3.8) is 0 Å². The molecule has 0 aliphatic carbocycles. The molecule has 0 aliphatic rings. The Morgan fingerprint density at radius 3 is 2.66 bits per heavy atom. The maximum absolute atomic E-state index is 13.9. The summed E-state index contributed by atoms with van der Waals surface area (Å²) in [5, 5.41) is 0. The smallest absolute Gasteiger partial charge is 0.223 e. The Hall–Kier alpha value is -2.74. The third kappa shape index (κ3) is 5.00. The van der Waals surface area contributed by atoms with Crippen molar-refractivity contribution in [2.45, 2.75) is 19.4 Å². The maximum atomic E-state index is 13.9. The summed E-state index contributed by atoms with van der Waals surface area (Å²) in [6.45, 7) is 0.374. The van der Waals surface area contributed by atoms with Gasteiger partial charge >= 0.3 is 0 Å². The van der Waals surface area contributed by atoms with E-state index >= 15 is 0 Å². The van der Waals surface area contributed by atoms with Crippen LogP contribution in [0.15, 0.2) is 51.5 Å². The predicted octanol–water partition coefficient (Wildman–Crippen LogP) is 4.98. The van der Waals surface area contributed by atoms with Crippen LogP contribution in [0.3, 0.4) is 0 Å². The van der Waals surface area contributed by atoms with Gasteiger partial charge in [-0.25, -0.2) is 13.8 Å². The van der Waals surface area contributed by atoms with Gasteiger partial charge in [-0.2, -0.15) is 0 Å². The molecule has 0 spiro atoms. The minimum atomic E-state index is -0.730. The number of rotatable bonds is 7. The maximum Gasteiger partial charge on any atom is 0.223 e. The number of hydrogen-bond donors (Lipinski definition) is 0. The van der Waals surface area contributed by atoms with E-state index in [4.69, 9.17) is 9.15 Å². The van der Waals surface area contributed by atoms with Gasteiger partial charge in [0, 0.05) is 36.5 Å². The molecule has 0 bridgehead atoms. The number of nitrogens with zero attached hydrogens (tertiary/aromatic N) is 2. The summed E-state index contributed by atoms with van der Waals surface area (Å²) in [6.07, 6.45) is 1.62. The van der Waals surface area contributed by atoms with E-state index in [0.29, 0.717) is 12.3 Å². The van der Waals surface area contributed by atoms with E-state index in [1.54, 1.807) is 19.1 Å². The molecular formula is C21H19BrF2N2O3. The molecule has 1 heterocycles. The van der Waals surface area contributed by atoms with Gasteiger partial charge < -0.3 is 14.1 Å². The minimum Gasteiger partial charge on any atom is -0.496 e. The first kappa shape index (κ1) is 21.0. The summed E-state index contributed by atoms with van der Waals surface area (Å²) in [5.41, 5.74) is 0.600. The molecule has 29 heavy (non-hydrogen) atoms. The fourth-order valence-corrected chi connectivity index (χ4v) is 3.30. The Bertz CT molecular complexity index is 1000. The highest BCUT2D eigenvalue weighted by atomic mass is 79.9. The van der Waals surface area contributed by atoms with Crippen molar-refractivity contribution in [1.82, 2.24) is 9.88 Å². The van der Waals surface area contributed by atoms with Crippen molar-refractivity contribution in [2.24, 2.45) is 0 Å². The summed E-state index contributed by atoms with van der Waals surface area (Å²) in [6, 6.07) is 9.16. The van der Waals surface area contributed by atoms with Crippen LogP contribution in [0.1, 0.15) is 17.9 Å². The van der Waals surface area contributed by atoms with E-state index in [1.165, 1.54) is 12.3 Å². The number of aromatic nitrogens is 1. The number of amides is 1. The van der Waals surface area contributed by atoms with E-state index in [-0.39, 0.29) is 36.0 Å². The second kappa shape index (κ2) is 9.17. The van der Waals surface area contributed by atoms with E-state index in [2.05, 4.69) is 20.9 Å². The normalized spacial score (nSPS) is 10.8. The van der Waals surface area contributed by atoms with Gasteiger partial charge in [0.1, 0.15) is 17.4 Å². The van der Waals surface area contributed by atoms with Crippen LogP contribution in [0, 0.1) is 11.6 Å². The third-order valence-corrected chi connectivity index (χ3v) is 4.88. The number of oxazole rings is 1. The van der Waals surface area contributed by atoms with Crippen molar-refractivity contribution in [2.75, 3.05) is 14.2 Å². The minimum absolute atomic E-state index is 0.00437. The van der Waals surface area contributed by atoms with Gasteiger partial charge in [0.25, 0.3) is 0 Å². The van der Waals surface area contributed by atoms with Gasteiger partial charge in [-0.3, -0.25) is 4.79 Å². The van der Waals surface area contributed by atoms with Crippen molar-refractivity contribution < 1.29 is 22.7 Å². The lowest BCUT2D eigenvalue weighted by Gasteiger charge is -2.19. The molecule has 3 rings (SSSR count). The molecule has 1 aromatic heterocycles. The first-order chi connectivity index (χ1) is 13.9. The highest BCUT2D eigenvalue weighted by Gasteiger charge is 2.17. The van der Waals surface area contributed by atoms with E-state index in [0.717, 1.165) is 22.2 Å². The fourth-order valence-electron chi connectivity index (χ4n) is 2.89. The van der Waals surface area contributed by atoms with Crippen LogP contribution in [0.4, 0.5) is 8.78 Å². The number of halogens is 3. The Morgan fingerprint density at radius 2 is 1.97 bits per heavy atom. The number of hydrogen-bond acceptors (Lipinski definition) is 4. The molecule has 0 N–H and O–H groups in total. The molecule has 0 saturated heterocycles. The molecule has 2 aromatic carbocycles. The molecule has 0 unspecified atom stereocenters. The molecule has 0 aliphatic heterocycles. The zero-order valence-electron chi connectivity index (χ0n) is 15.9. The van der Waals surface area contributed by atoms with Crippen molar-refractivity contribution in [1.29, 1.82) is 0 Å². The van der Waals surface area contributed by atoms with Crippen LogP contribution in [-0.4, -0.2) is 29.9 Å². The first-order valence-corrected chi connectivity index (χ1v) is 9.63. The lowest BCUT2D eigenvalue weighted by atomic mass is 10.1. The highest BCUT2D eigenvalue weighted by molar-refractivity contribution is 9.10. The average Bonchev–Trinajstić information content (AvgIpc) is 3.14. The molecule has 3 aromatic rings. The van der Waals surface area contributed by atoms with Crippen LogP contribution >= 0.6 is 15.9 Å². The molecule has 0 saturated carbocycles. The molecule has 152 valence electrons. The quantitative estimate of drug-likeness (QED) is 0.494. The SMILES string of the molecule is COc1ccc(Br)cc1CN(C)C(=O)CCc1ncc(-c2c(F)cccc2F)o1. The standard InChI is InChI=1S/C21H19BrF2N2O3/c1-26(12-13-10-14(22)6-7-17(13)28-2)20(27)9-8-19-25-11-18(29-19)21-15(23)4-3-5-16(21)24/h3-7,10-11H,8-9,12H2,1-2H3. The Kier molecular flexibility index (Phi) is 6.64. The summed E-state index contributed by atoms with van der Waals surface area (Å²) in [7, 11) is 3.27. The number of carbonyl (C=O) groups excluding carboxylic acids is 1. The number of ether oxygens (including phenoxy) is 1. The average molecular weight is 465 g/mol. The molecule has 8 heteroatoms. The predicted molar refractivity (Wildman–Crippen MR) is 107 cm³/mol. The lowest BCUT2D eigenvalue weighted by Crippen LogP contribution is -2.26. The highest BCUT2D eigenvalue weighted by Crippen LogP contribution is 2.27. The van der Waals surface area contributed by atoms with Crippen LogP contribution in [0.2, 0.25) is 0 Å². The number of aryl methyl sites for hydroxylation is 1. The molecular weight excluding hydrogens is 446 g/mol. The zero-order chi connectivity index (χ0) is 21.0. The monoisotopic (exact) mass is 464 g/mol. The van der Waals surface area contributed by atoms with Crippen molar-refractivity contribution in [3.05, 3.63) is 70.2 Å². The van der Waals surface area contributed by atoms with Gasteiger partial charge in [-0.15, -0.1) is 0 Å². The van der Waals surface area contributed by atoms with Crippen molar-refractivity contribution >= 4 is 21.8 Å². The summed E-state index contributed by atoms with van der Waals surface area (Å²) >= 11 is 3.41. The third-order valence-electron chi connectivity index (χ3n) is 4.39. The van der Waals surface area contributed by atoms with Gasteiger partial charge in [-0.1, -0.05) is 22.0 Å². The number of methoxy groups -OCH3 is 1. The van der Waals surface area contributed by atoms with Gasteiger partial charge in [0.15, 0.2) is 11.7 Å². The topological polar surface area (TPSA) is 55.6 Å².